The Bertz CT molecular complexity index is 1130. The van der Waals surface area contributed by atoms with Gasteiger partial charge in [-0.05, 0) is 84.2 Å². The Morgan fingerprint density at radius 3 is 2.43 bits per heavy atom. The van der Waals surface area contributed by atoms with Crippen molar-refractivity contribution in [3.63, 3.8) is 0 Å². The topological polar surface area (TPSA) is 119 Å². The van der Waals surface area contributed by atoms with Crippen LogP contribution in [0.25, 0.3) is 10.9 Å². The highest BCUT2D eigenvalue weighted by atomic mass is 16.3. The molecule has 1 atom stereocenters. The maximum atomic E-state index is 10.3. The molecule has 1 aliphatic rings. The molecule has 4 heterocycles. The first-order valence-corrected chi connectivity index (χ1v) is 12.4. The third kappa shape index (κ3) is 6.42. The number of aromatic nitrogens is 4. The van der Waals surface area contributed by atoms with Gasteiger partial charge in [-0.25, -0.2) is 19.9 Å². The molecule has 0 saturated carbocycles. The largest absolute Gasteiger partial charge is 0.390 e. The lowest BCUT2D eigenvalue weighted by atomic mass is 9.83. The van der Waals surface area contributed by atoms with Gasteiger partial charge in [0.1, 0.15) is 11.3 Å². The van der Waals surface area contributed by atoms with Crippen molar-refractivity contribution in [2.45, 2.75) is 71.8 Å². The lowest BCUT2D eigenvalue weighted by molar-refractivity contribution is -0.0136. The minimum absolute atomic E-state index is 0.163. The normalized spacial score (nSPS) is 16.6. The molecule has 0 amide bonds. The molecule has 0 unspecified atom stereocenters. The molecule has 3 aromatic rings. The minimum atomic E-state index is -0.680. The Morgan fingerprint density at radius 2 is 1.83 bits per heavy atom. The van der Waals surface area contributed by atoms with Crippen LogP contribution in [0.5, 0.6) is 0 Å². The number of likely N-dealkylation sites (tertiary alicyclic amines) is 1. The zero-order valence-electron chi connectivity index (χ0n) is 21.3. The number of hydrogen-bond acceptors (Lipinski definition) is 9. The summed E-state index contributed by atoms with van der Waals surface area (Å²) in [6, 6.07) is 5.98. The SMILES string of the molecule is CC(C)Nc1nc([C@@H](C)O)cc2cnc(Nc3ccc(CN4CCC(C(C)(C)O)CC4)cn3)nc12. The fourth-order valence-electron chi connectivity index (χ4n) is 4.47. The Morgan fingerprint density at radius 1 is 1.09 bits per heavy atom. The fraction of sp³-hybridized carbons (Fsp3) is 0.538. The summed E-state index contributed by atoms with van der Waals surface area (Å²) in [7, 11) is 0. The summed E-state index contributed by atoms with van der Waals surface area (Å²) in [5, 5.41) is 27.6. The number of aliphatic hydroxyl groups excluding tert-OH is 1. The van der Waals surface area contributed by atoms with Gasteiger partial charge in [0.2, 0.25) is 5.95 Å². The molecule has 9 nitrogen and oxygen atoms in total. The molecule has 0 spiro atoms. The van der Waals surface area contributed by atoms with Crippen LogP contribution in [0.15, 0.2) is 30.6 Å². The van der Waals surface area contributed by atoms with E-state index in [1.54, 1.807) is 13.1 Å². The van der Waals surface area contributed by atoms with Crippen LogP contribution in [0.3, 0.4) is 0 Å². The number of hydrogen-bond donors (Lipinski definition) is 4. The van der Waals surface area contributed by atoms with Crippen LogP contribution in [-0.2, 0) is 6.54 Å². The Hall–Kier alpha value is -2.88. The maximum absolute atomic E-state index is 10.3. The average Bonchev–Trinajstić information content (AvgIpc) is 2.80. The van der Waals surface area contributed by atoms with E-state index in [0.717, 1.165) is 43.4 Å². The molecule has 0 aromatic carbocycles. The van der Waals surface area contributed by atoms with Gasteiger partial charge in [0.25, 0.3) is 0 Å². The van der Waals surface area contributed by atoms with Crippen LogP contribution < -0.4 is 10.6 Å². The van der Waals surface area contributed by atoms with E-state index >= 15 is 0 Å². The lowest BCUT2D eigenvalue weighted by Gasteiger charge is -2.37. The number of nitrogens with zero attached hydrogens (tertiary/aromatic N) is 5. The van der Waals surface area contributed by atoms with Crippen LogP contribution in [0, 0.1) is 5.92 Å². The molecule has 4 rings (SSSR count). The van der Waals surface area contributed by atoms with E-state index < -0.39 is 11.7 Å². The molecule has 0 bridgehead atoms. The van der Waals surface area contributed by atoms with E-state index in [-0.39, 0.29) is 6.04 Å². The van der Waals surface area contributed by atoms with Gasteiger partial charge in [-0.2, -0.15) is 0 Å². The van der Waals surface area contributed by atoms with Crippen LogP contribution in [-0.4, -0.2) is 59.8 Å². The second-order valence-corrected chi connectivity index (χ2v) is 10.4. The average molecular weight is 480 g/mol. The van der Waals surface area contributed by atoms with E-state index in [4.69, 9.17) is 0 Å². The van der Waals surface area contributed by atoms with E-state index in [9.17, 15) is 10.2 Å². The van der Waals surface area contributed by atoms with Crippen molar-refractivity contribution in [3.8, 4) is 0 Å². The van der Waals surface area contributed by atoms with Crippen LogP contribution >= 0.6 is 0 Å². The number of piperidine rings is 1. The van der Waals surface area contributed by atoms with E-state index in [0.29, 0.717) is 34.7 Å². The molecule has 1 aliphatic heterocycles. The van der Waals surface area contributed by atoms with Gasteiger partial charge >= 0.3 is 0 Å². The van der Waals surface area contributed by atoms with Gasteiger partial charge in [-0.3, -0.25) is 4.90 Å². The zero-order valence-corrected chi connectivity index (χ0v) is 21.3. The minimum Gasteiger partial charge on any atom is -0.390 e. The summed E-state index contributed by atoms with van der Waals surface area (Å²) in [6.45, 7) is 12.4. The zero-order chi connectivity index (χ0) is 25.2. The monoisotopic (exact) mass is 479 g/mol. The van der Waals surface area contributed by atoms with Crippen molar-refractivity contribution in [2.24, 2.45) is 5.92 Å². The molecule has 188 valence electrons. The van der Waals surface area contributed by atoms with E-state index in [2.05, 4.69) is 41.5 Å². The molecule has 0 aliphatic carbocycles. The molecule has 35 heavy (non-hydrogen) atoms. The number of rotatable bonds is 8. The van der Waals surface area contributed by atoms with Gasteiger partial charge in [-0.1, -0.05) is 6.07 Å². The number of fused-ring (bicyclic) bond motifs is 1. The molecular formula is C26H37N7O2. The lowest BCUT2D eigenvalue weighted by Crippen LogP contribution is -2.41. The Balaban J connectivity index is 1.44. The predicted octanol–water partition coefficient (Wildman–Crippen LogP) is 4.02. The summed E-state index contributed by atoms with van der Waals surface area (Å²) in [4.78, 5) is 20.6. The van der Waals surface area contributed by atoms with E-state index in [1.165, 1.54) is 0 Å². The highest BCUT2D eigenvalue weighted by molar-refractivity contribution is 5.89. The standard InChI is InChI=1S/C26H37N7O2/c1-16(2)29-24-23-19(12-21(30-24)17(3)34)14-28-25(32-23)31-22-7-6-18(13-27-22)15-33-10-8-20(9-11-33)26(4,5)35/h6-7,12-14,16-17,20,34-35H,8-11,15H2,1-5H3,(H,29,30)(H,27,28,31,32)/t17-/m1/s1. The number of nitrogens with one attached hydrogen (secondary N) is 2. The second kappa shape index (κ2) is 10.4. The van der Waals surface area contributed by atoms with Crippen LogP contribution in [0.4, 0.5) is 17.6 Å². The van der Waals surface area contributed by atoms with Crippen molar-refractivity contribution in [2.75, 3.05) is 23.7 Å². The first-order valence-electron chi connectivity index (χ1n) is 12.4. The highest BCUT2D eigenvalue weighted by Crippen LogP contribution is 2.29. The van der Waals surface area contributed by atoms with Crippen molar-refractivity contribution < 1.29 is 10.2 Å². The second-order valence-electron chi connectivity index (χ2n) is 10.4. The summed E-state index contributed by atoms with van der Waals surface area (Å²) in [6.07, 6.45) is 4.96. The summed E-state index contributed by atoms with van der Waals surface area (Å²) in [5.74, 6) is 2.08. The van der Waals surface area contributed by atoms with Crippen molar-refractivity contribution >= 4 is 28.5 Å². The van der Waals surface area contributed by atoms with Crippen molar-refractivity contribution in [3.05, 3.63) is 41.9 Å². The predicted molar refractivity (Wildman–Crippen MR) is 139 cm³/mol. The van der Waals surface area contributed by atoms with Gasteiger partial charge in [-0.15, -0.1) is 0 Å². The first kappa shape index (κ1) is 25.2. The first-order chi connectivity index (χ1) is 16.6. The van der Waals surface area contributed by atoms with Crippen LogP contribution in [0.1, 0.15) is 64.8 Å². The van der Waals surface area contributed by atoms with Crippen LogP contribution in [0.2, 0.25) is 0 Å². The number of aliphatic hydroxyl groups is 2. The molecular weight excluding hydrogens is 442 g/mol. The fourth-order valence-corrected chi connectivity index (χ4v) is 4.47. The number of anilines is 3. The van der Waals surface area contributed by atoms with Gasteiger partial charge in [0.05, 0.1) is 17.4 Å². The molecule has 3 aromatic heterocycles. The smallest absolute Gasteiger partial charge is 0.229 e. The Labute approximate surface area is 207 Å². The quantitative estimate of drug-likeness (QED) is 0.380. The summed E-state index contributed by atoms with van der Waals surface area (Å²) in [5.41, 5.74) is 1.81. The Kier molecular flexibility index (Phi) is 7.49. The third-order valence-corrected chi connectivity index (χ3v) is 6.50. The molecule has 4 N–H and O–H groups in total. The van der Waals surface area contributed by atoms with Crippen molar-refractivity contribution in [1.82, 2.24) is 24.8 Å². The van der Waals surface area contributed by atoms with Gasteiger partial charge in [0.15, 0.2) is 5.82 Å². The summed E-state index contributed by atoms with van der Waals surface area (Å²) >= 11 is 0. The number of pyridine rings is 2. The van der Waals surface area contributed by atoms with E-state index in [1.807, 2.05) is 46.0 Å². The summed E-state index contributed by atoms with van der Waals surface area (Å²) < 4.78 is 0. The molecule has 0 radical (unpaired) electrons. The highest BCUT2D eigenvalue weighted by Gasteiger charge is 2.30. The maximum Gasteiger partial charge on any atom is 0.229 e. The third-order valence-electron chi connectivity index (χ3n) is 6.50. The van der Waals surface area contributed by atoms with Gasteiger partial charge in [0, 0.05) is 30.4 Å². The van der Waals surface area contributed by atoms with Gasteiger partial charge < -0.3 is 20.8 Å². The molecule has 1 fully saturated rings. The molecule has 1 saturated heterocycles. The molecule has 9 heteroatoms. The van der Waals surface area contributed by atoms with Crippen molar-refractivity contribution in [1.29, 1.82) is 0 Å².